The number of hydrogen-bond acceptors (Lipinski definition) is 2. The number of Topliss-reactive ketones (excluding diaryl/α,β-unsaturated/α-hetero) is 1. The Hall–Kier alpha value is -2.08. The third kappa shape index (κ3) is 2.25. The minimum Gasteiger partial charge on any atom is -0.333 e. The zero-order valence-corrected chi connectivity index (χ0v) is 13.5. The molecule has 1 saturated heterocycles. The van der Waals surface area contributed by atoms with E-state index in [1.165, 1.54) is 0 Å². The molecule has 1 aliphatic rings. The predicted molar refractivity (Wildman–Crippen MR) is 83.1 cm³/mol. The molecule has 1 atom stereocenters. The van der Waals surface area contributed by atoms with Crippen LogP contribution in [0.4, 0.5) is 0 Å². The van der Waals surface area contributed by atoms with Gasteiger partial charge in [0.25, 0.3) is 0 Å². The molecule has 0 saturated carbocycles. The van der Waals surface area contributed by atoms with Crippen LogP contribution in [0.5, 0.6) is 0 Å². The van der Waals surface area contributed by atoms with Gasteiger partial charge in [-0.2, -0.15) is 0 Å². The number of likely N-dealkylation sites (N-methyl/N-ethyl adjacent to an activating group) is 1. The second kappa shape index (κ2) is 5.04. The van der Waals surface area contributed by atoms with Gasteiger partial charge in [-0.05, 0) is 63.4 Å². The van der Waals surface area contributed by atoms with Crippen LogP contribution in [0.2, 0.25) is 0 Å². The fourth-order valence-electron chi connectivity index (χ4n) is 3.00. The van der Waals surface area contributed by atoms with E-state index in [4.69, 9.17) is 0 Å². The van der Waals surface area contributed by atoms with Gasteiger partial charge in [-0.15, -0.1) is 5.92 Å². The highest BCUT2D eigenvalue weighted by molar-refractivity contribution is 6.17. The number of aryl methyl sites for hydroxylation is 2. The van der Waals surface area contributed by atoms with Crippen LogP contribution in [-0.4, -0.2) is 29.2 Å². The quantitative estimate of drug-likeness (QED) is 0.587. The summed E-state index contributed by atoms with van der Waals surface area (Å²) in [4.78, 5) is 26.8. The van der Waals surface area contributed by atoms with E-state index in [0.29, 0.717) is 0 Å². The van der Waals surface area contributed by atoms with Gasteiger partial charge in [-0.3, -0.25) is 9.59 Å². The fourth-order valence-corrected chi connectivity index (χ4v) is 3.00. The Morgan fingerprint density at radius 2 is 1.67 bits per heavy atom. The topological polar surface area (TPSA) is 37.4 Å². The fraction of sp³-hybridized carbons (Fsp3) is 0.444. The summed E-state index contributed by atoms with van der Waals surface area (Å²) in [5.74, 6) is 5.06. The highest BCUT2D eigenvalue weighted by Crippen LogP contribution is 2.38. The molecule has 0 spiro atoms. The van der Waals surface area contributed by atoms with Crippen molar-refractivity contribution in [3.8, 4) is 11.8 Å². The molecular formula is C18H21NO2. The van der Waals surface area contributed by atoms with Crippen molar-refractivity contribution in [2.75, 3.05) is 7.05 Å². The van der Waals surface area contributed by atoms with Gasteiger partial charge in [0, 0.05) is 12.6 Å². The van der Waals surface area contributed by atoms with Gasteiger partial charge in [0.15, 0.2) is 5.78 Å². The third-order valence-corrected chi connectivity index (χ3v) is 4.43. The highest BCUT2D eigenvalue weighted by atomic mass is 16.2. The van der Waals surface area contributed by atoms with Crippen LogP contribution in [0.1, 0.15) is 48.9 Å². The molecule has 0 N–H and O–H groups in total. The number of carbonyl (C=O) groups excluding carboxylic acids is 2. The van der Waals surface area contributed by atoms with Gasteiger partial charge in [0.1, 0.15) is 5.92 Å². The number of hydrogen-bond donors (Lipinski definition) is 0. The van der Waals surface area contributed by atoms with Crippen molar-refractivity contribution >= 4 is 11.7 Å². The number of rotatable bonds is 1. The molecule has 1 amide bonds. The average molecular weight is 283 g/mol. The Morgan fingerprint density at radius 1 is 1.14 bits per heavy atom. The zero-order chi connectivity index (χ0) is 15.9. The van der Waals surface area contributed by atoms with E-state index in [9.17, 15) is 9.59 Å². The lowest BCUT2D eigenvalue weighted by Crippen LogP contribution is -2.41. The SMILES string of the molecule is CC#Cc1cc(C)c(C2C(=O)N(C)C(C)(C)C2=O)c(C)c1. The van der Waals surface area contributed by atoms with Crippen LogP contribution in [0.3, 0.4) is 0 Å². The van der Waals surface area contributed by atoms with Gasteiger partial charge < -0.3 is 4.90 Å². The van der Waals surface area contributed by atoms with Gasteiger partial charge in [-0.1, -0.05) is 5.92 Å². The Labute approximate surface area is 126 Å². The molecule has 110 valence electrons. The molecule has 1 heterocycles. The van der Waals surface area contributed by atoms with E-state index in [2.05, 4.69) is 11.8 Å². The first-order valence-corrected chi connectivity index (χ1v) is 7.07. The number of likely N-dealkylation sites (tertiary alicyclic amines) is 1. The molecule has 1 fully saturated rings. The number of benzene rings is 1. The summed E-state index contributed by atoms with van der Waals surface area (Å²) in [6, 6.07) is 3.90. The molecule has 3 heteroatoms. The second-order valence-electron chi connectivity index (χ2n) is 6.15. The lowest BCUT2D eigenvalue weighted by molar-refractivity contribution is -0.130. The molecular weight excluding hydrogens is 262 g/mol. The molecule has 0 radical (unpaired) electrons. The van der Waals surface area contributed by atoms with Crippen LogP contribution < -0.4 is 0 Å². The smallest absolute Gasteiger partial charge is 0.238 e. The Kier molecular flexibility index (Phi) is 3.67. The number of carbonyl (C=O) groups is 2. The van der Waals surface area contributed by atoms with E-state index in [0.717, 1.165) is 22.3 Å². The Balaban J connectivity index is 2.60. The van der Waals surface area contributed by atoms with Crippen LogP contribution >= 0.6 is 0 Å². The maximum absolute atomic E-state index is 12.7. The zero-order valence-electron chi connectivity index (χ0n) is 13.5. The monoisotopic (exact) mass is 283 g/mol. The molecule has 1 aliphatic heterocycles. The summed E-state index contributed by atoms with van der Waals surface area (Å²) < 4.78 is 0. The van der Waals surface area contributed by atoms with E-state index < -0.39 is 11.5 Å². The lowest BCUT2D eigenvalue weighted by Gasteiger charge is -2.25. The van der Waals surface area contributed by atoms with E-state index in [-0.39, 0.29) is 11.7 Å². The van der Waals surface area contributed by atoms with E-state index in [1.807, 2.05) is 26.0 Å². The summed E-state index contributed by atoms with van der Waals surface area (Å²) in [5.41, 5.74) is 2.91. The molecule has 2 rings (SSSR count). The van der Waals surface area contributed by atoms with Crippen molar-refractivity contribution in [3.05, 3.63) is 34.4 Å². The number of amides is 1. The van der Waals surface area contributed by atoms with E-state index >= 15 is 0 Å². The average Bonchev–Trinajstić information content (AvgIpc) is 2.53. The van der Waals surface area contributed by atoms with Crippen LogP contribution in [-0.2, 0) is 9.59 Å². The summed E-state index contributed by atoms with van der Waals surface area (Å²) >= 11 is 0. The predicted octanol–water partition coefficient (Wildman–Crippen LogP) is 2.58. The van der Waals surface area contributed by atoms with Crippen molar-refractivity contribution in [1.82, 2.24) is 4.90 Å². The van der Waals surface area contributed by atoms with Crippen molar-refractivity contribution in [2.24, 2.45) is 0 Å². The van der Waals surface area contributed by atoms with Crippen molar-refractivity contribution in [3.63, 3.8) is 0 Å². The summed E-state index contributed by atoms with van der Waals surface area (Å²) in [7, 11) is 1.70. The molecule has 1 aromatic rings. The first-order chi connectivity index (χ1) is 9.71. The molecule has 0 bridgehead atoms. The van der Waals surface area contributed by atoms with Crippen molar-refractivity contribution in [1.29, 1.82) is 0 Å². The summed E-state index contributed by atoms with van der Waals surface area (Å²) in [6.07, 6.45) is 0. The molecule has 0 aliphatic carbocycles. The standard InChI is InChI=1S/C18H21NO2/c1-7-8-13-9-11(2)14(12(3)10-13)15-16(20)18(4,5)19(6)17(15)21/h9-10,15H,1-6H3. The lowest BCUT2D eigenvalue weighted by atomic mass is 9.84. The maximum atomic E-state index is 12.7. The highest BCUT2D eigenvalue weighted by Gasteiger charge is 2.52. The normalized spacial score (nSPS) is 20.5. The first-order valence-electron chi connectivity index (χ1n) is 7.07. The number of ketones is 1. The molecule has 1 unspecified atom stereocenters. The van der Waals surface area contributed by atoms with Gasteiger partial charge in [-0.25, -0.2) is 0 Å². The van der Waals surface area contributed by atoms with Crippen LogP contribution in [0.15, 0.2) is 12.1 Å². The van der Waals surface area contributed by atoms with Gasteiger partial charge >= 0.3 is 0 Å². The molecule has 3 nitrogen and oxygen atoms in total. The molecule has 1 aromatic carbocycles. The summed E-state index contributed by atoms with van der Waals surface area (Å²) in [5, 5.41) is 0. The maximum Gasteiger partial charge on any atom is 0.238 e. The first kappa shape index (κ1) is 15.3. The van der Waals surface area contributed by atoms with Gasteiger partial charge in [0.2, 0.25) is 5.91 Å². The summed E-state index contributed by atoms with van der Waals surface area (Å²) in [6.45, 7) is 9.27. The molecule has 21 heavy (non-hydrogen) atoms. The van der Waals surface area contributed by atoms with Crippen molar-refractivity contribution < 1.29 is 9.59 Å². The minimum absolute atomic E-state index is 0.0319. The van der Waals surface area contributed by atoms with Gasteiger partial charge in [0.05, 0.1) is 5.54 Å². The van der Waals surface area contributed by atoms with Crippen molar-refractivity contribution in [2.45, 2.75) is 46.1 Å². The van der Waals surface area contributed by atoms with E-state index in [1.54, 1.807) is 32.7 Å². The number of nitrogens with zero attached hydrogens (tertiary/aromatic N) is 1. The Morgan fingerprint density at radius 3 is 2.05 bits per heavy atom. The third-order valence-electron chi connectivity index (χ3n) is 4.43. The minimum atomic E-state index is -0.747. The second-order valence-corrected chi connectivity index (χ2v) is 6.15. The van der Waals surface area contributed by atoms with Crippen LogP contribution in [0, 0.1) is 25.7 Å². The van der Waals surface area contributed by atoms with Crippen LogP contribution in [0.25, 0.3) is 0 Å². The largest absolute Gasteiger partial charge is 0.333 e. The Bertz CT molecular complexity index is 666. The molecule has 0 aromatic heterocycles.